The van der Waals surface area contributed by atoms with Crippen molar-refractivity contribution < 1.29 is 9.13 Å². The molecule has 1 heterocycles. The zero-order chi connectivity index (χ0) is 14.8. The lowest BCUT2D eigenvalue weighted by atomic mass is 10.2. The van der Waals surface area contributed by atoms with Gasteiger partial charge in [-0.25, -0.2) is 9.37 Å². The van der Waals surface area contributed by atoms with Crippen LogP contribution in [-0.4, -0.2) is 38.3 Å². The minimum absolute atomic E-state index is 0.269. The van der Waals surface area contributed by atoms with Crippen LogP contribution in [0.4, 0.5) is 10.2 Å². The quantitative estimate of drug-likeness (QED) is 0.528. The Morgan fingerprint density at radius 1 is 1.55 bits per heavy atom. The summed E-state index contributed by atoms with van der Waals surface area (Å²) in [6.45, 7) is 8.81. The highest BCUT2D eigenvalue weighted by atomic mass is 19.1. The van der Waals surface area contributed by atoms with Gasteiger partial charge in [0.25, 0.3) is 0 Å². The molecule has 0 saturated carbocycles. The van der Waals surface area contributed by atoms with Gasteiger partial charge in [0.05, 0.1) is 6.61 Å². The largest absolute Gasteiger partial charge is 0.383 e. The summed E-state index contributed by atoms with van der Waals surface area (Å²) in [6, 6.07) is 1.71. The van der Waals surface area contributed by atoms with Crippen LogP contribution in [-0.2, 0) is 11.3 Å². The molecular formula is C15H24FN3O. The van der Waals surface area contributed by atoms with E-state index in [4.69, 9.17) is 4.74 Å². The number of halogens is 1. The molecule has 0 unspecified atom stereocenters. The first kappa shape index (κ1) is 16.6. The lowest BCUT2D eigenvalue weighted by molar-refractivity contribution is 0.205. The zero-order valence-corrected chi connectivity index (χ0v) is 12.4. The third-order valence-corrected chi connectivity index (χ3v) is 2.91. The van der Waals surface area contributed by atoms with Crippen molar-refractivity contribution in [2.75, 3.05) is 38.3 Å². The molecule has 20 heavy (non-hydrogen) atoms. The summed E-state index contributed by atoms with van der Waals surface area (Å²) < 4.78 is 19.5. The van der Waals surface area contributed by atoms with Crippen molar-refractivity contribution in [1.82, 2.24) is 10.3 Å². The van der Waals surface area contributed by atoms with Crippen molar-refractivity contribution >= 4 is 5.82 Å². The Balaban J connectivity index is 2.85. The molecule has 1 rings (SSSR count). The Morgan fingerprint density at radius 2 is 2.35 bits per heavy atom. The maximum absolute atomic E-state index is 14.5. The summed E-state index contributed by atoms with van der Waals surface area (Å²) in [4.78, 5) is 5.99. The maximum atomic E-state index is 14.5. The average molecular weight is 281 g/mol. The Kier molecular flexibility index (Phi) is 7.84. The van der Waals surface area contributed by atoms with Crippen LogP contribution in [0.5, 0.6) is 0 Å². The Bertz CT molecular complexity index is 412. The van der Waals surface area contributed by atoms with Gasteiger partial charge in [0.2, 0.25) is 0 Å². The summed E-state index contributed by atoms with van der Waals surface area (Å²) >= 11 is 0. The van der Waals surface area contributed by atoms with Gasteiger partial charge in [0, 0.05) is 38.5 Å². The number of nitrogens with zero attached hydrogens (tertiary/aromatic N) is 2. The minimum Gasteiger partial charge on any atom is -0.383 e. The normalized spacial score (nSPS) is 10.6. The molecule has 112 valence electrons. The molecule has 1 N–H and O–H groups in total. The predicted molar refractivity (Wildman–Crippen MR) is 80.5 cm³/mol. The summed E-state index contributed by atoms with van der Waals surface area (Å²) in [5.41, 5.74) is 0.634. The molecule has 0 bridgehead atoms. The molecule has 0 amide bonds. The van der Waals surface area contributed by atoms with Crippen LogP contribution in [0.3, 0.4) is 0 Å². The van der Waals surface area contributed by atoms with E-state index in [1.807, 2.05) is 4.90 Å². The van der Waals surface area contributed by atoms with E-state index in [0.717, 1.165) is 13.0 Å². The van der Waals surface area contributed by atoms with Crippen LogP contribution in [0.15, 0.2) is 24.9 Å². The van der Waals surface area contributed by atoms with E-state index < -0.39 is 0 Å². The Morgan fingerprint density at radius 3 is 3.00 bits per heavy atom. The number of hydrogen-bond acceptors (Lipinski definition) is 4. The molecule has 5 heteroatoms. The second-order valence-electron chi connectivity index (χ2n) is 4.51. The molecule has 0 aliphatic heterocycles. The first-order chi connectivity index (χ1) is 9.74. The molecule has 0 spiro atoms. The van der Waals surface area contributed by atoms with Gasteiger partial charge < -0.3 is 15.0 Å². The predicted octanol–water partition coefficient (Wildman–Crippen LogP) is 2.36. The van der Waals surface area contributed by atoms with Gasteiger partial charge in [0.15, 0.2) is 11.6 Å². The fourth-order valence-corrected chi connectivity index (χ4v) is 1.87. The van der Waals surface area contributed by atoms with E-state index >= 15 is 0 Å². The molecule has 0 atom stereocenters. The second kappa shape index (κ2) is 9.44. The number of aromatic nitrogens is 1. The van der Waals surface area contributed by atoms with E-state index in [1.165, 1.54) is 0 Å². The van der Waals surface area contributed by atoms with Crippen molar-refractivity contribution in [3.63, 3.8) is 0 Å². The Labute approximate surface area is 120 Å². The molecule has 0 aromatic carbocycles. The number of hydrogen-bond donors (Lipinski definition) is 1. The van der Waals surface area contributed by atoms with Gasteiger partial charge in [-0.2, -0.15) is 0 Å². The maximum Gasteiger partial charge on any atom is 0.170 e. The van der Waals surface area contributed by atoms with Crippen LogP contribution in [0.1, 0.15) is 18.9 Å². The molecule has 0 aliphatic carbocycles. The van der Waals surface area contributed by atoms with Crippen molar-refractivity contribution in [2.45, 2.75) is 19.9 Å². The molecule has 0 aliphatic rings. The fraction of sp³-hybridized carbons (Fsp3) is 0.533. The molecule has 0 radical (unpaired) electrons. The number of rotatable bonds is 10. The fourth-order valence-electron chi connectivity index (χ4n) is 1.87. The summed E-state index contributed by atoms with van der Waals surface area (Å²) in [5, 5.41) is 3.20. The lowest BCUT2D eigenvalue weighted by Crippen LogP contribution is -2.29. The van der Waals surface area contributed by atoms with E-state index in [9.17, 15) is 4.39 Å². The highest BCUT2D eigenvalue weighted by Crippen LogP contribution is 2.19. The smallest absolute Gasteiger partial charge is 0.170 e. The first-order valence-electron chi connectivity index (χ1n) is 6.93. The molecule has 1 aromatic heterocycles. The lowest BCUT2D eigenvalue weighted by Gasteiger charge is -2.23. The highest BCUT2D eigenvalue weighted by Gasteiger charge is 2.15. The third kappa shape index (κ3) is 4.90. The molecule has 0 fully saturated rings. The van der Waals surface area contributed by atoms with Crippen LogP contribution in [0, 0.1) is 5.82 Å². The van der Waals surface area contributed by atoms with Gasteiger partial charge in [-0.05, 0) is 19.0 Å². The third-order valence-electron chi connectivity index (χ3n) is 2.91. The molecule has 0 saturated heterocycles. The van der Waals surface area contributed by atoms with Crippen LogP contribution in [0.25, 0.3) is 0 Å². The average Bonchev–Trinajstić information content (AvgIpc) is 2.46. The zero-order valence-electron chi connectivity index (χ0n) is 12.4. The second-order valence-corrected chi connectivity index (χ2v) is 4.51. The van der Waals surface area contributed by atoms with E-state index in [1.54, 1.807) is 25.4 Å². The summed E-state index contributed by atoms with van der Waals surface area (Å²) in [7, 11) is 1.63. The van der Waals surface area contributed by atoms with E-state index in [0.29, 0.717) is 37.6 Å². The topological polar surface area (TPSA) is 37.4 Å². The standard InChI is InChI=1S/C15H24FN3O/c1-4-7-17-12-13-6-8-18-15(14(13)16)19(9-5-2)10-11-20-3/h5-6,8,17H,2,4,7,9-12H2,1,3H3. The first-order valence-corrected chi connectivity index (χ1v) is 6.93. The number of anilines is 1. The van der Waals surface area contributed by atoms with Gasteiger partial charge in [-0.1, -0.05) is 13.0 Å². The van der Waals surface area contributed by atoms with Crippen LogP contribution < -0.4 is 10.2 Å². The number of pyridine rings is 1. The van der Waals surface area contributed by atoms with Gasteiger partial charge >= 0.3 is 0 Å². The minimum atomic E-state index is -0.269. The van der Waals surface area contributed by atoms with Gasteiger partial charge in [0.1, 0.15) is 0 Å². The molecule has 1 aromatic rings. The SMILES string of the molecule is C=CCN(CCOC)c1nccc(CNCCC)c1F. The van der Waals surface area contributed by atoms with Crippen molar-refractivity contribution in [1.29, 1.82) is 0 Å². The van der Waals surface area contributed by atoms with Crippen LogP contribution in [0.2, 0.25) is 0 Å². The number of ether oxygens (including phenoxy) is 1. The summed E-state index contributed by atoms with van der Waals surface area (Å²) in [6.07, 6.45) is 4.40. The molecule has 4 nitrogen and oxygen atoms in total. The highest BCUT2D eigenvalue weighted by molar-refractivity contribution is 5.43. The van der Waals surface area contributed by atoms with Crippen molar-refractivity contribution in [3.8, 4) is 0 Å². The van der Waals surface area contributed by atoms with Gasteiger partial charge in [-0.15, -0.1) is 6.58 Å². The monoisotopic (exact) mass is 281 g/mol. The van der Waals surface area contributed by atoms with E-state index in [2.05, 4.69) is 23.8 Å². The van der Waals surface area contributed by atoms with Gasteiger partial charge in [-0.3, -0.25) is 0 Å². The number of methoxy groups -OCH3 is 1. The van der Waals surface area contributed by atoms with Crippen molar-refractivity contribution in [2.24, 2.45) is 0 Å². The molecular weight excluding hydrogens is 257 g/mol. The Hall–Kier alpha value is -1.46. The summed E-state index contributed by atoms with van der Waals surface area (Å²) in [5.74, 6) is 0.0896. The van der Waals surface area contributed by atoms with Crippen LogP contribution >= 0.6 is 0 Å². The number of nitrogens with one attached hydrogen (secondary N) is 1. The van der Waals surface area contributed by atoms with E-state index in [-0.39, 0.29) is 5.82 Å². The van der Waals surface area contributed by atoms with Crippen molar-refractivity contribution in [3.05, 3.63) is 36.3 Å².